The van der Waals surface area contributed by atoms with E-state index in [0.717, 1.165) is 12.0 Å². The summed E-state index contributed by atoms with van der Waals surface area (Å²) < 4.78 is 15.9. The van der Waals surface area contributed by atoms with E-state index >= 15 is 0 Å². The molecule has 1 aromatic rings. The largest absolute Gasteiger partial charge is 0.466 e. The van der Waals surface area contributed by atoms with E-state index in [2.05, 4.69) is 12.1 Å². The van der Waals surface area contributed by atoms with E-state index in [1.165, 1.54) is 30.9 Å². The van der Waals surface area contributed by atoms with Gasteiger partial charge < -0.3 is 14.2 Å². The third-order valence-corrected chi connectivity index (χ3v) is 5.11. The summed E-state index contributed by atoms with van der Waals surface area (Å²) in [5.41, 5.74) is 5.43. The van der Waals surface area contributed by atoms with Crippen LogP contribution in [0.3, 0.4) is 0 Å². The first-order valence-corrected chi connectivity index (χ1v) is 7.97. The van der Waals surface area contributed by atoms with E-state index in [0.29, 0.717) is 24.0 Å². The average Bonchev–Trinajstić information content (AvgIpc) is 2.93. The summed E-state index contributed by atoms with van der Waals surface area (Å²) in [7, 11) is 2.66. The van der Waals surface area contributed by atoms with Crippen LogP contribution in [0.4, 0.5) is 0 Å². The standard InChI is InChI=1S/C19H18O5/c1-22-18(20)14-7-10-8-16-11-5-3-4-6-12(11)17(24-16)13(10)9-15(14)19(21)23-2/h3-6,16-17H,7-9H2,1-2H3. The number of methoxy groups -OCH3 is 2. The molecular weight excluding hydrogens is 308 g/mol. The van der Waals surface area contributed by atoms with Crippen molar-refractivity contribution in [2.24, 2.45) is 0 Å². The Morgan fingerprint density at radius 2 is 1.62 bits per heavy atom. The maximum atomic E-state index is 12.2. The SMILES string of the molecule is COC(=O)C1=C(C(=O)OC)CC2=C(C1)CC1OC2c2ccccc21. The van der Waals surface area contributed by atoms with Crippen LogP contribution < -0.4 is 0 Å². The summed E-state index contributed by atoms with van der Waals surface area (Å²) >= 11 is 0. The highest BCUT2D eigenvalue weighted by Gasteiger charge is 2.43. The zero-order valence-corrected chi connectivity index (χ0v) is 13.6. The molecule has 0 saturated carbocycles. The van der Waals surface area contributed by atoms with Crippen molar-refractivity contribution in [3.8, 4) is 0 Å². The fourth-order valence-corrected chi connectivity index (χ4v) is 3.98. The maximum Gasteiger partial charge on any atom is 0.334 e. The van der Waals surface area contributed by atoms with Gasteiger partial charge in [0.05, 0.1) is 31.5 Å². The van der Waals surface area contributed by atoms with Crippen molar-refractivity contribution in [1.82, 2.24) is 0 Å². The third-order valence-electron chi connectivity index (χ3n) is 5.11. The van der Waals surface area contributed by atoms with Gasteiger partial charge in [-0.3, -0.25) is 0 Å². The molecule has 0 aromatic heterocycles. The smallest absolute Gasteiger partial charge is 0.334 e. The number of benzene rings is 1. The van der Waals surface area contributed by atoms with E-state index in [4.69, 9.17) is 14.2 Å². The molecule has 1 aliphatic carbocycles. The summed E-state index contributed by atoms with van der Waals surface area (Å²) in [6.07, 6.45) is 1.45. The Labute approximate surface area is 139 Å². The van der Waals surface area contributed by atoms with Crippen LogP contribution in [0.5, 0.6) is 0 Å². The summed E-state index contributed by atoms with van der Waals surface area (Å²) in [4.78, 5) is 24.3. The molecule has 0 radical (unpaired) electrons. The molecule has 1 aromatic carbocycles. The summed E-state index contributed by atoms with van der Waals surface area (Å²) in [6, 6.07) is 8.18. The van der Waals surface area contributed by atoms with Crippen molar-refractivity contribution in [2.75, 3.05) is 14.2 Å². The molecule has 4 rings (SSSR count). The van der Waals surface area contributed by atoms with Crippen LogP contribution in [0.15, 0.2) is 46.6 Å². The molecule has 0 amide bonds. The Morgan fingerprint density at radius 3 is 2.29 bits per heavy atom. The van der Waals surface area contributed by atoms with E-state index < -0.39 is 11.9 Å². The van der Waals surface area contributed by atoms with Crippen molar-refractivity contribution in [3.63, 3.8) is 0 Å². The number of hydrogen-bond acceptors (Lipinski definition) is 5. The molecule has 2 atom stereocenters. The van der Waals surface area contributed by atoms with Gasteiger partial charge in [0.2, 0.25) is 0 Å². The van der Waals surface area contributed by atoms with Gasteiger partial charge in [0, 0.05) is 12.8 Å². The summed E-state index contributed by atoms with van der Waals surface area (Å²) in [5.74, 6) is -0.936. The van der Waals surface area contributed by atoms with Crippen LogP contribution in [-0.4, -0.2) is 26.2 Å². The molecule has 0 fully saturated rings. The Kier molecular flexibility index (Phi) is 3.53. The quantitative estimate of drug-likeness (QED) is 0.618. The second-order valence-corrected chi connectivity index (χ2v) is 6.26. The molecule has 2 unspecified atom stereocenters. The van der Waals surface area contributed by atoms with Gasteiger partial charge in [0.15, 0.2) is 0 Å². The molecule has 2 heterocycles. The highest BCUT2D eigenvalue weighted by molar-refractivity contribution is 6.01. The summed E-state index contributed by atoms with van der Waals surface area (Å²) in [5, 5.41) is 0. The van der Waals surface area contributed by atoms with E-state index in [1.807, 2.05) is 12.1 Å². The van der Waals surface area contributed by atoms with Crippen molar-refractivity contribution in [1.29, 1.82) is 0 Å². The Morgan fingerprint density at radius 1 is 1.00 bits per heavy atom. The monoisotopic (exact) mass is 326 g/mol. The Bertz CT molecular complexity index is 802. The van der Waals surface area contributed by atoms with Gasteiger partial charge in [-0.05, 0) is 23.1 Å². The number of esters is 2. The van der Waals surface area contributed by atoms with Crippen molar-refractivity contribution < 1.29 is 23.8 Å². The summed E-state index contributed by atoms with van der Waals surface area (Å²) in [6.45, 7) is 0. The predicted molar refractivity (Wildman–Crippen MR) is 84.9 cm³/mol. The molecule has 3 aliphatic rings. The highest BCUT2D eigenvalue weighted by atomic mass is 16.5. The van der Waals surface area contributed by atoms with Crippen molar-refractivity contribution in [2.45, 2.75) is 31.5 Å². The molecule has 5 nitrogen and oxygen atoms in total. The molecule has 0 N–H and O–H groups in total. The first-order valence-electron chi connectivity index (χ1n) is 7.97. The van der Waals surface area contributed by atoms with E-state index in [9.17, 15) is 9.59 Å². The fraction of sp³-hybridized carbons (Fsp3) is 0.368. The van der Waals surface area contributed by atoms with Crippen molar-refractivity contribution in [3.05, 3.63) is 57.7 Å². The molecule has 24 heavy (non-hydrogen) atoms. The fourth-order valence-electron chi connectivity index (χ4n) is 3.98. The topological polar surface area (TPSA) is 61.8 Å². The molecule has 5 heteroatoms. The van der Waals surface area contributed by atoms with Gasteiger partial charge >= 0.3 is 11.9 Å². The highest BCUT2D eigenvalue weighted by Crippen LogP contribution is 2.54. The number of hydrogen-bond donors (Lipinski definition) is 0. The minimum absolute atomic E-state index is 0.0310. The first kappa shape index (κ1) is 15.1. The molecular formula is C19H18O5. The van der Waals surface area contributed by atoms with Gasteiger partial charge in [-0.25, -0.2) is 9.59 Å². The van der Waals surface area contributed by atoms with Crippen LogP contribution >= 0.6 is 0 Å². The normalized spacial score (nSPS) is 24.4. The lowest BCUT2D eigenvalue weighted by Gasteiger charge is -2.32. The van der Waals surface area contributed by atoms with Gasteiger partial charge in [-0.15, -0.1) is 0 Å². The lowest BCUT2D eigenvalue weighted by Crippen LogP contribution is -2.24. The van der Waals surface area contributed by atoms with Gasteiger partial charge in [0.25, 0.3) is 0 Å². The van der Waals surface area contributed by atoms with Crippen LogP contribution in [0, 0.1) is 0 Å². The number of carbonyl (C=O) groups excluding carboxylic acids is 2. The third kappa shape index (κ3) is 2.12. The number of carbonyl (C=O) groups is 2. The molecule has 0 spiro atoms. The number of ether oxygens (including phenoxy) is 3. The Hall–Kier alpha value is -2.40. The predicted octanol–water partition coefficient (Wildman–Crippen LogP) is 2.94. The molecule has 2 bridgehead atoms. The van der Waals surface area contributed by atoms with Crippen LogP contribution in [0.1, 0.15) is 42.6 Å². The van der Waals surface area contributed by atoms with Crippen LogP contribution in [-0.2, 0) is 23.8 Å². The van der Waals surface area contributed by atoms with E-state index in [-0.39, 0.29) is 12.2 Å². The minimum atomic E-state index is -0.477. The average molecular weight is 326 g/mol. The first-order chi connectivity index (χ1) is 11.6. The van der Waals surface area contributed by atoms with E-state index in [1.54, 1.807) is 0 Å². The Balaban J connectivity index is 1.75. The lowest BCUT2D eigenvalue weighted by molar-refractivity contribution is -0.139. The molecule has 124 valence electrons. The van der Waals surface area contributed by atoms with Gasteiger partial charge in [-0.2, -0.15) is 0 Å². The van der Waals surface area contributed by atoms with Crippen molar-refractivity contribution >= 4 is 11.9 Å². The van der Waals surface area contributed by atoms with Crippen LogP contribution in [0.25, 0.3) is 0 Å². The van der Waals surface area contributed by atoms with Crippen LogP contribution in [0.2, 0.25) is 0 Å². The molecule has 2 aliphatic heterocycles. The second-order valence-electron chi connectivity index (χ2n) is 6.26. The number of rotatable bonds is 2. The number of fused-ring (bicyclic) bond motifs is 6. The second kappa shape index (κ2) is 5.60. The van der Waals surface area contributed by atoms with Gasteiger partial charge in [-0.1, -0.05) is 29.8 Å². The lowest BCUT2D eigenvalue weighted by atomic mass is 9.81. The maximum absolute atomic E-state index is 12.2. The zero-order chi connectivity index (χ0) is 16.8. The minimum Gasteiger partial charge on any atom is -0.466 e. The van der Waals surface area contributed by atoms with Gasteiger partial charge in [0.1, 0.15) is 6.10 Å². The molecule has 0 saturated heterocycles. The zero-order valence-electron chi connectivity index (χ0n) is 13.6.